The average molecular weight is 305 g/mol. The number of pyridine rings is 1. The van der Waals surface area contributed by atoms with Crippen LogP contribution >= 0.6 is 0 Å². The highest BCUT2D eigenvalue weighted by Crippen LogP contribution is 2.21. The second-order valence-electron chi connectivity index (χ2n) is 5.35. The summed E-state index contributed by atoms with van der Waals surface area (Å²) in [7, 11) is 0. The number of benzene rings is 1. The van der Waals surface area contributed by atoms with Crippen molar-refractivity contribution in [2.45, 2.75) is 26.4 Å². The molecule has 22 heavy (non-hydrogen) atoms. The molecule has 5 heteroatoms. The molecular weight excluding hydrogens is 286 g/mol. The Labute approximate surface area is 129 Å². The number of nitrogens with one attached hydrogen (secondary N) is 1. The van der Waals surface area contributed by atoms with E-state index in [0.29, 0.717) is 11.3 Å². The zero-order valence-corrected chi connectivity index (χ0v) is 12.6. The van der Waals surface area contributed by atoms with Crippen molar-refractivity contribution in [2.24, 2.45) is 5.92 Å². The summed E-state index contributed by atoms with van der Waals surface area (Å²) in [5, 5.41) is 12.2. The van der Waals surface area contributed by atoms with Crippen molar-refractivity contribution in [1.82, 2.24) is 10.3 Å². The Bertz CT molecular complexity index is 634. The minimum atomic E-state index is -0.511. The maximum Gasteiger partial charge on any atom is 0.146 e. The number of hydrogen-bond donors (Lipinski definition) is 2. The summed E-state index contributed by atoms with van der Waals surface area (Å²) in [6.45, 7) is 4.07. The minimum absolute atomic E-state index is 0.0108. The van der Waals surface area contributed by atoms with Crippen LogP contribution in [0.3, 0.4) is 0 Å². The first-order valence-electron chi connectivity index (χ1n) is 7.19. The van der Waals surface area contributed by atoms with Crippen LogP contribution in [0.1, 0.15) is 19.5 Å². The maximum absolute atomic E-state index is 13.9. The van der Waals surface area contributed by atoms with Crippen LogP contribution in [-0.4, -0.2) is 22.7 Å². The standard InChI is InChI=1S/C17H19F2N2O/c1-11(10-22)12(2)20-9-17-15(19)7-8-16(21-17)13-5-3-4-6-14(13)18/h3-5,7-8,11-12,20,22H,9-10H2,1-2H3/t11?,12-/m1/s1. The van der Waals surface area contributed by atoms with Gasteiger partial charge in [0.2, 0.25) is 0 Å². The van der Waals surface area contributed by atoms with E-state index in [1.54, 1.807) is 12.1 Å². The number of hydrogen-bond acceptors (Lipinski definition) is 3. The van der Waals surface area contributed by atoms with Gasteiger partial charge >= 0.3 is 0 Å². The van der Waals surface area contributed by atoms with E-state index in [4.69, 9.17) is 5.11 Å². The fourth-order valence-corrected chi connectivity index (χ4v) is 1.99. The molecule has 0 aliphatic rings. The van der Waals surface area contributed by atoms with E-state index in [1.807, 2.05) is 13.8 Å². The third-order valence-corrected chi connectivity index (χ3v) is 3.73. The van der Waals surface area contributed by atoms with Gasteiger partial charge in [-0.3, -0.25) is 0 Å². The number of rotatable bonds is 6. The summed E-state index contributed by atoms with van der Waals surface area (Å²) < 4.78 is 27.6. The monoisotopic (exact) mass is 305 g/mol. The topological polar surface area (TPSA) is 45.1 Å². The molecule has 1 radical (unpaired) electrons. The van der Waals surface area contributed by atoms with Crippen LogP contribution in [0.2, 0.25) is 0 Å². The van der Waals surface area contributed by atoms with Gasteiger partial charge in [0, 0.05) is 30.8 Å². The molecule has 0 aliphatic heterocycles. The van der Waals surface area contributed by atoms with Crippen LogP contribution in [0.5, 0.6) is 0 Å². The molecule has 1 heterocycles. The third kappa shape index (κ3) is 3.87. The number of halogens is 2. The molecular formula is C17H19F2N2O. The Hall–Kier alpha value is -1.85. The molecule has 3 nitrogen and oxygen atoms in total. The molecule has 0 aliphatic carbocycles. The summed E-state index contributed by atoms with van der Waals surface area (Å²) in [6, 6.07) is 9.92. The maximum atomic E-state index is 13.9. The predicted molar refractivity (Wildman–Crippen MR) is 81.0 cm³/mol. The lowest BCUT2D eigenvalue weighted by atomic mass is 10.1. The molecule has 0 spiro atoms. The zero-order valence-electron chi connectivity index (χ0n) is 12.6. The first-order chi connectivity index (χ1) is 10.5. The first-order valence-corrected chi connectivity index (χ1v) is 7.19. The van der Waals surface area contributed by atoms with Crippen LogP contribution in [-0.2, 0) is 6.54 Å². The second kappa shape index (κ2) is 7.42. The van der Waals surface area contributed by atoms with E-state index in [0.717, 1.165) is 0 Å². The van der Waals surface area contributed by atoms with Crippen molar-refractivity contribution in [1.29, 1.82) is 0 Å². The number of nitrogens with zero attached hydrogens (tertiary/aromatic N) is 1. The summed E-state index contributed by atoms with van der Waals surface area (Å²) in [4.78, 5) is 4.20. The van der Waals surface area contributed by atoms with Crippen molar-refractivity contribution in [3.63, 3.8) is 0 Å². The van der Waals surface area contributed by atoms with Crippen molar-refractivity contribution < 1.29 is 13.9 Å². The highest BCUT2D eigenvalue weighted by atomic mass is 19.1. The molecule has 0 fully saturated rings. The highest BCUT2D eigenvalue weighted by Gasteiger charge is 2.14. The first kappa shape index (κ1) is 16.5. The van der Waals surface area contributed by atoms with Gasteiger partial charge in [-0.15, -0.1) is 0 Å². The lowest BCUT2D eigenvalue weighted by molar-refractivity contribution is 0.206. The second-order valence-corrected chi connectivity index (χ2v) is 5.35. The van der Waals surface area contributed by atoms with Gasteiger partial charge in [-0.25, -0.2) is 13.8 Å². The SMILES string of the molecule is CC(CO)[C@@H](C)NCc1nc(-c2ccc[c]c2F)ccc1F. The van der Waals surface area contributed by atoms with Gasteiger partial charge in [0.05, 0.1) is 11.4 Å². The van der Waals surface area contributed by atoms with Crippen LogP contribution in [0, 0.1) is 23.6 Å². The van der Waals surface area contributed by atoms with Crippen LogP contribution < -0.4 is 5.32 Å². The van der Waals surface area contributed by atoms with Gasteiger partial charge in [-0.1, -0.05) is 19.1 Å². The van der Waals surface area contributed by atoms with E-state index < -0.39 is 11.6 Å². The van der Waals surface area contributed by atoms with Crippen molar-refractivity contribution >= 4 is 0 Å². The number of aliphatic hydroxyl groups excluding tert-OH is 1. The molecule has 0 saturated heterocycles. The summed E-state index contributed by atoms with van der Waals surface area (Å²) in [5.74, 6) is -0.907. The Morgan fingerprint density at radius 3 is 2.73 bits per heavy atom. The smallest absolute Gasteiger partial charge is 0.146 e. The van der Waals surface area contributed by atoms with E-state index >= 15 is 0 Å². The normalized spacial score (nSPS) is 13.9. The van der Waals surface area contributed by atoms with E-state index in [9.17, 15) is 8.78 Å². The molecule has 2 atom stereocenters. The Morgan fingerprint density at radius 2 is 2.05 bits per heavy atom. The largest absolute Gasteiger partial charge is 0.396 e. The van der Waals surface area contributed by atoms with E-state index in [1.165, 1.54) is 18.2 Å². The third-order valence-electron chi connectivity index (χ3n) is 3.73. The van der Waals surface area contributed by atoms with Crippen molar-refractivity contribution in [3.8, 4) is 11.3 Å². The summed E-state index contributed by atoms with van der Waals surface area (Å²) in [5.41, 5.74) is 0.883. The quantitative estimate of drug-likeness (QED) is 0.862. The number of aromatic nitrogens is 1. The van der Waals surface area contributed by atoms with Gasteiger partial charge in [0.1, 0.15) is 11.6 Å². The fraction of sp³-hybridized carbons (Fsp3) is 0.353. The van der Waals surface area contributed by atoms with Gasteiger partial charge < -0.3 is 10.4 Å². The number of aliphatic hydroxyl groups is 1. The van der Waals surface area contributed by atoms with Gasteiger partial charge in [0.15, 0.2) is 0 Å². The lowest BCUT2D eigenvalue weighted by Crippen LogP contribution is -2.33. The molecule has 0 saturated carbocycles. The fourth-order valence-electron chi connectivity index (χ4n) is 1.99. The van der Waals surface area contributed by atoms with Crippen molar-refractivity contribution in [2.75, 3.05) is 6.61 Å². The Morgan fingerprint density at radius 1 is 1.27 bits per heavy atom. The van der Waals surface area contributed by atoms with Gasteiger partial charge in [-0.05, 0) is 31.0 Å². The van der Waals surface area contributed by atoms with Gasteiger partial charge in [0.25, 0.3) is 0 Å². The van der Waals surface area contributed by atoms with Gasteiger partial charge in [-0.2, -0.15) is 0 Å². The predicted octanol–water partition coefficient (Wildman–Crippen LogP) is 2.93. The lowest BCUT2D eigenvalue weighted by Gasteiger charge is -2.19. The molecule has 117 valence electrons. The summed E-state index contributed by atoms with van der Waals surface area (Å²) in [6.07, 6.45) is 0. The molecule has 1 aromatic carbocycles. The zero-order chi connectivity index (χ0) is 16.1. The Kier molecular flexibility index (Phi) is 5.57. The van der Waals surface area contributed by atoms with Crippen LogP contribution in [0.25, 0.3) is 11.3 Å². The average Bonchev–Trinajstić information content (AvgIpc) is 2.53. The van der Waals surface area contributed by atoms with E-state index in [2.05, 4.69) is 16.4 Å². The summed E-state index contributed by atoms with van der Waals surface area (Å²) >= 11 is 0. The minimum Gasteiger partial charge on any atom is -0.396 e. The molecule has 2 N–H and O–H groups in total. The molecule has 0 bridgehead atoms. The molecule has 2 rings (SSSR count). The van der Waals surface area contributed by atoms with Crippen LogP contribution in [0.15, 0.2) is 30.3 Å². The molecule has 0 amide bonds. The highest BCUT2D eigenvalue weighted by molar-refractivity contribution is 5.59. The van der Waals surface area contributed by atoms with Crippen LogP contribution in [0.4, 0.5) is 8.78 Å². The molecule has 2 aromatic rings. The molecule has 1 unspecified atom stereocenters. The van der Waals surface area contributed by atoms with Crippen molar-refractivity contribution in [3.05, 3.63) is 53.7 Å². The Balaban J connectivity index is 2.19. The molecule has 1 aromatic heterocycles. The van der Waals surface area contributed by atoms with E-state index in [-0.39, 0.29) is 30.8 Å².